The summed E-state index contributed by atoms with van der Waals surface area (Å²) in [6.45, 7) is 0.551. The Kier molecular flexibility index (Phi) is 4.70. The molecule has 0 aliphatic heterocycles. The number of carbonyl (C=O) groups excluding carboxylic acids is 1. The van der Waals surface area contributed by atoms with E-state index in [9.17, 15) is 4.79 Å². The maximum atomic E-state index is 11.8. The summed E-state index contributed by atoms with van der Waals surface area (Å²) in [4.78, 5) is 11.8. The molecule has 1 heterocycles. The second kappa shape index (κ2) is 6.49. The van der Waals surface area contributed by atoms with Crippen LogP contribution in [0, 0.1) is 0 Å². The molecule has 100 valence electrons. The predicted molar refractivity (Wildman–Crippen MR) is 76.9 cm³/mol. The van der Waals surface area contributed by atoms with E-state index in [0.717, 1.165) is 12.0 Å². The Bertz CT molecular complexity index is 555. The number of hydrogen-bond acceptors (Lipinski definition) is 5. The minimum absolute atomic E-state index is 0.201. The van der Waals surface area contributed by atoms with Gasteiger partial charge in [0.15, 0.2) is 0 Å². The Morgan fingerprint density at radius 1 is 1.32 bits per heavy atom. The topological polar surface area (TPSA) is 66.9 Å². The molecule has 5 nitrogen and oxygen atoms in total. The molecule has 2 aromatic rings. The van der Waals surface area contributed by atoms with E-state index < -0.39 is 0 Å². The molecular formula is C12H13ClN4OS. The molecular weight excluding hydrogens is 284 g/mol. The Balaban J connectivity index is 1.82. The zero-order valence-electron chi connectivity index (χ0n) is 10.3. The molecule has 0 aliphatic rings. The molecule has 7 heteroatoms. The number of carbonyl (C=O) groups is 1. The van der Waals surface area contributed by atoms with E-state index in [4.69, 9.17) is 11.6 Å². The highest BCUT2D eigenvalue weighted by molar-refractivity contribution is 7.17. The smallest absolute Gasteiger partial charge is 0.282 e. The average Bonchev–Trinajstić information content (AvgIpc) is 2.90. The van der Waals surface area contributed by atoms with Crippen molar-refractivity contribution in [3.05, 3.63) is 39.9 Å². The van der Waals surface area contributed by atoms with Crippen molar-refractivity contribution in [1.29, 1.82) is 0 Å². The monoisotopic (exact) mass is 296 g/mol. The Morgan fingerprint density at radius 2 is 2.05 bits per heavy atom. The normalized spacial score (nSPS) is 10.2. The molecule has 2 N–H and O–H groups in total. The lowest BCUT2D eigenvalue weighted by atomic mass is 10.1. The number of aromatic nitrogens is 2. The van der Waals surface area contributed by atoms with Crippen LogP contribution in [0.2, 0.25) is 5.02 Å². The van der Waals surface area contributed by atoms with Gasteiger partial charge in [0, 0.05) is 18.6 Å². The minimum Gasteiger partial charge on any atom is -0.363 e. The summed E-state index contributed by atoms with van der Waals surface area (Å²) in [5.74, 6) is -0.201. The number of rotatable bonds is 5. The molecule has 0 atom stereocenters. The third kappa shape index (κ3) is 3.90. The summed E-state index contributed by atoms with van der Waals surface area (Å²) in [6, 6.07) is 7.56. The largest absolute Gasteiger partial charge is 0.363 e. The van der Waals surface area contributed by atoms with Gasteiger partial charge in [0.1, 0.15) is 0 Å². The van der Waals surface area contributed by atoms with E-state index in [-0.39, 0.29) is 5.91 Å². The Labute approximate surface area is 120 Å². The van der Waals surface area contributed by atoms with Crippen LogP contribution in [0.4, 0.5) is 5.13 Å². The summed E-state index contributed by atoms with van der Waals surface area (Å²) < 4.78 is 0. The van der Waals surface area contributed by atoms with Gasteiger partial charge < -0.3 is 10.6 Å². The van der Waals surface area contributed by atoms with Crippen LogP contribution in [-0.2, 0) is 6.42 Å². The number of amides is 1. The van der Waals surface area contributed by atoms with E-state index in [0.29, 0.717) is 21.7 Å². The summed E-state index contributed by atoms with van der Waals surface area (Å²) in [7, 11) is 1.74. The average molecular weight is 297 g/mol. The van der Waals surface area contributed by atoms with Gasteiger partial charge in [0.25, 0.3) is 5.91 Å². The molecule has 0 aliphatic carbocycles. The number of halogens is 1. The summed E-state index contributed by atoms with van der Waals surface area (Å²) in [5, 5.41) is 15.0. The van der Waals surface area contributed by atoms with E-state index in [1.165, 1.54) is 11.3 Å². The van der Waals surface area contributed by atoms with Gasteiger partial charge in [-0.1, -0.05) is 35.1 Å². The molecule has 2 rings (SSSR count). The molecule has 0 radical (unpaired) electrons. The first-order chi connectivity index (χ1) is 9.19. The number of hydrogen-bond donors (Lipinski definition) is 2. The van der Waals surface area contributed by atoms with Gasteiger partial charge >= 0.3 is 0 Å². The van der Waals surface area contributed by atoms with Crippen molar-refractivity contribution in [2.75, 3.05) is 18.9 Å². The van der Waals surface area contributed by atoms with Gasteiger partial charge in [0.05, 0.1) is 0 Å². The molecule has 0 bridgehead atoms. The van der Waals surface area contributed by atoms with Gasteiger partial charge in [-0.2, -0.15) is 0 Å². The van der Waals surface area contributed by atoms with Crippen molar-refractivity contribution < 1.29 is 4.79 Å². The van der Waals surface area contributed by atoms with Crippen LogP contribution in [0.15, 0.2) is 24.3 Å². The molecule has 0 spiro atoms. The Morgan fingerprint density at radius 3 is 2.68 bits per heavy atom. The first-order valence-corrected chi connectivity index (χ1v) is 6.92. The standard InChI is InChI=1S/C12H13ClN4OS/c1-14-12-17-16-11(19-12)10(18)15-7-6-8-2-4-9(13)5-3-8/h2-5H,6-7H2,1H3,(H,14,17)(H,15,18). The molecule has 0 unspecified atom stereocenters. The lowest BCUT2D eigenvalue weighted by molar-refractivity contribution is 0.0953. The van der Waals surface area contributed by atoms with Crippen LogP contribution < -0.4 is 10.6 Å². The van der Waals surface area contributed by atoms with Gasteiger partial charge in [-0.3, -0.25) is 4.79 Å². The fourth-order valence-corrected chi connectivity index (χ4v) is 2.20. The highest BCUT2D eigenvalue weighted by Gasteiger charge is 2.11. The zero-order valence-corrected chi connectivity index (χ0v) is 11.9. The van der Waals surface area contributed by atoms with Crippen LogP contribution in [0.25, 0.3) is 0 Å². The SMILES string of the molecule is CNc1nnc(C(=O)NCCc2ccc(Cl)cc2)s1. The predicted octanol–water partition coefficient (Wildman–Crippen LogP) is 2.21. The Hall–Kier alpha value is -1.66. The lowest BCUT2D eigenvalue weighted by Gasteiger charge is -2.03. The fourth-order valence-electron chi connectivity index (χ4n) is 1.46. The van der Waals surface area contributed by atoms with Crippen molar-refractivity contribution in [3.63, 3.8) is 0 Å². The number of nitrogens with zero attached hydrogens (tertiary/aromatic N) is 2. The van der Waals surface area contributed by atoms with E-state index >= 15 is 0 Å². The van der Waals surface area contributed by atoms with Crippen LogP contribution in [0.3, 0.4) is 0 Å². The van der Waals surface area contributed by atoms with Crippen LogP contribution in [0.5, 0.6) is 0 Å². The third-order valence-corrected chi connectivity index (χ3v) is 3.64. The molecule has 1 aromatic heterocycles. The molecule has 19 heavy (non-hydrogen) atoms. The zero-order chi connectivity index (χ0) is 13.7. The maximum absolute atomic E-state index is 11.8. The maximum Gasteiger partial charge on any atom is 0.282 e. The van der Waals surface area contributed by atoms with Crippen molar-refractivity contribution in [2.45, 2.75) is 6.42 Å². The number of nitrogens with one attached hydrogen (secondary N) is 2. The third-order valence-electron chi connectivity index (χ3n) is 2.45. The molecule has 1 amide bonds. The van der Waals surface area contributed by atoms with Gasteiger partial charge in [-0.15, -0.1) is 10.2 Å². The van der Waals surface area contributed by atoms with Crippen molar-refractivity contribution in [1.82, 2.24) is 15.5 Å². The second-order valence-corrected chi connectivity index (χ2v) is 5.21. The van der Waals surface area contributed by atoms with Crippen molar-refractivity contribution in [2.24, 2.45) is 0 Å². The summed E-state index contributed by atoms with van der Waals surface area (Å²) in [5.41, 5.74) is 1.12. The fraction of sp³-hybridized carbons (Fsp3) is 0.250. The summed E-state index contributed by atoms with van der Waals surface area (Å²) >= 11 is 7.03. The molecule has 0 fully saturated rings. The lowest BCUT2D eigenvalue weighted by Crippen LogP contribution is -2.25. The molecule has 0 saturated carbocycles. The van der Waals surface area contributed by atoms with Gasteiger partial charge in [-0.25, -0.2) is 0 Å². The highest BCUT2D eigenvalue weighted by atomic mass is 35.5. The van der Waals surface area contributed by atoms with Gasteiger partial charge in [0.2, 0.25) is 10.1 Å². The molecule has 0 saturated heterocycles. The number of benzene rings is 1. The van der Waals surface area contributed by atoms with E-state index in [2.05, 4.69) is 20.8 Å². The summed E-state index contributed by atoms with van der Waals surface area (Å²) in [6.07, 6.45) is 0.751. The van der Waals surface area contributed by atoms with Crippen LogP contribution in [-0.4, -0.2) is 29.7 Å². The first kappa shape index (κ1) is 13.8. The molecule has 1 aromatic carbocycles. The minimum atomic E-state index is -0.201. The quantitative estimate of drug-likeness (QED) is 0.888. The van der Waals surface area contributed by atoms with Crippen molar-refractivity contribution in [3.8, 4) is 0 Å². The van der Waals surface area contributed by atoms with Crippen LogP contribution >= 0.6 is 22.9 Å². The first-order valence-electron chi connectivity index (χ1n) is 5.73. The van der Waals surface area contributed by atoms with E-state index in [1.54, 1.807) is 7.05 Å². The second-order valence-electron chi connectivity index (χ2n) is 3.79. The van der Waals surface area contributed by atoms with E-state index in [1.807, 2.05) is 24.3 Å². The van der Waals surface area contributed by atoms with Crippen LogP contribution in [0.1, 0.15) is 15.4 Å². The van der Waals surface area contributed by atoms with Gasteiger partial charge in [-0.05, 0) is 24.1 Å². The number of anilines is 1. The van der Waals surface area contributed by atoms with Crippen molar-refractivity contribution >= 4 is 34.0 Å². The highest BCUT2D eigenvalue weighted by Crippen LogP contribution is 2.14.